The number of ether oxygens (including phenoxy) is 2. The number of nitrogens with one attached hydrogen (secondary N) is 1. The molecular formula is C17H14N2O3S. The fraction of sp³-hybridized carbons (Fsp3) is 0.0588. The molecule has 0 radical (unpaired) electrons. The van der Waals surface area contributed by atoms with Gasteiger partial charge >= 0.3 is 6.09 Å². The molecule has 0 atom stereocenters. The number of methoxy groups -OCH3 is 1. The summed E-state index contributed by atoms with van der Waals surface area (Å²) in [5, 5.41) is 3.29. The Morgan fingerprint density at radius 1 is 1.04 bits per heavy atom. The van der Waals surface area contributed by atoms with Gasteiger partial charge in [0.2, 0.25) is 0 Å². The molecule has 0 saturated carbocycles. The van der Waals surface area contributed by atoms with Gasteiger partial charge in [-0.25, -0.2) is 4.79 Å². The quantitative estimate of drug-likeness (QED) is 0.770. The van der Waals surface area contributed by atoms with Gasteiger partial charge < -0.3 is 9.47 Å². The first-order valence-electron chi connectivity index (χ1n) is 6.89. The topological polar surface area (TPSA) is 60.5 Å². The first-order valence-corrected chi connectivity index (χ1v) is 7.67. The highest BCUT2D eigenvalue weighted by Gasteiger charge is 2.10. The van der Waals surface area contributed by atoms with Crippen molar-refractivity contribution in [3.05, 3.63) is 60.7 Å². The summed E-state index contributed by atoms with van der Waals surface area (Å²) in [7, 11) is 1.62. The van der Waals surface area contributed by atoms with Gasteiger partial charge in [0.1, 0.15) is 16.5 Å². The van der Waals surface area contributed by atoms with E-state index in [2.05, 4.69) is 9.69 Å². The summed E-state index contributed by atoms with van der Waals surface area (Å²) < 4.78 is 14.7. The zero-order valence-electron chi connectivity index (χ0n) is 12.4. The zero-order chi connectivity index (χ0) is 16.1. The maximum Gasteiger partial charge on any atom is 0.417 e. The summed E-state index contributed by atoms with van der Waals surface area (Å²) in [5.41, 5.74) is 1.69. The smallest absolute Gasteiger partial charge is 0.417 e. The minimum Gasteiger partial charge on any atom is -0.497 e. The van der Waals surface area contributed by atoms with Crippen LogP contribution in [0.3, 0.4) is 0 Å². The number of rotatable bonds is 4. The summed E-state index contributed by atoms with van der Waals surface area (Å²) in [6, 6.07) is 18.3. The van der Waals surface area contributed by atoms with Gasteiger partial charge in [-0.05, 0) is 35.8 Å². The molecule has 116 valence electrons. The van der Waals surface area contributed by atoms with E-state index < -0.39 is 6.09 Å². The van der Waals surface area contributed by atoms with Gasteiger partial charge in [-0.15, -0.1) is 0 Å². The molecule has 0 aliphatic carbocycles. The number of carbonyl (C=O) groups is 1. The van der Waals surface area contributed by atoms with E-state index in [4.69, 9.17) is 9.47 Å². The van der Waals surface area contributed by atoms with E-state index in [-0.39, 0.29) is 0 Å². The summed E-state index contributed by atoms with van der Waals surface area (Å²) >= 11 is 1.19. The number of amides is 1. The van der Waals surface area contributed by atoms with Crippen LogP contribution in [0.5, 0.6) is 11.5 Å². The van der Waals surface area contributed by atoms with E-state index >= 15 is 0 Å². The zero-order valence-corrected chi connectivity index (χ0v) is 13.2. The van der Waals surface area contributed by atoms with Crippen molar-refractivity contribution < 1.29 is 14.3 Å². The van der Waals surface area contributed by atoms with Crippen LogP contribution >= 0.6 is 11.5 Å². The van der Waals surface area contributed by atoms with Crippen LogP contribution in [0.1, 0.15) is 0 Å². The second-order valence-corrected chi connectivity index (χ2v) is 5.44. The van der Waals surface area contributed by atoms with Crippen LogP contribution in [-0.4, -0.2) is 17.6 Å². The van der Waals surface area contributed by atoms with Crippen molar-refractivity contribution in [1.82, 2.24) is 4.37 Å². The molecule has 6 heteroatoms. The predicted molar refractivity (Wildman–Crippen MR) is 90.2 cm³/mol. The average Bonchev–Trinajstić information content (AvgIpc) is 3.04. The van der Waals surface area contributed by atoms with E-state index in [1.165, 1.54) is 11.5 Å². The summed E-state index contributed by atoms with van der Waals surface area (Å²) in [6.07, 6.45) is -0.544. The van der Waals surface area contributed by atoms with Gasteiger partial charge in [0.15, 0.2) is 0 Å². The highest BCUT2D eigenvalue weighted by molar-refractivity contribution is 7.10. The van der Waals surface area contributed by atoms with E-state index in [9.17, 15) is 4.79 Å². The maximum atomic E-state index is 11.9. The van der Waals surface area contributed by atoms with Gasteiger partial charge in [-0.3, -0.25) is 5.32 Å². The number of carbonyl (C=O) groups excluding carboxylic acids is 1. The lowest BCUT2D eigenvalue weighted by Crippen LogP contribution is -2.15. The van der Waals surface area contributed by atoms with E-state index in [1.54, 1.807) is 37.4 Å². The molecule has 0 bridgehead atoms. The molecule has 23 heavy (non-hydrogen) atoms. The molecule has 5 nitrogen and oxygen atoms in total. The van der Waals surface area contributed by atoms with E-state index in [1.807, 2.05) is 30.3 Å². The second kappa shape index (κ2) is 6.93. The Kier molecular flexibility index (Phi) is 4.54. The molecule has 3 rings (SSSR count). The van der Waals surface area contributed by atoms with Crippen molar-refractivity contribution >= 4 is 22.6 Å². The number of anilines is 1. The molecule has 0 saturated heterocycles. The van der Waals surface area contributed by atoms with Crippen molar-refractivity contribution in [1.29, 1.82) is 0 Å². The van der Waals surface area contributed by atoms with E-state index in [0.717, 1.165) is 17.0 Å². The Bertz CT molecular complexity index is 802. The molecular weight excluding hydrogens is 312 g/mol. The third-order valence-electron chi connectivity index (χ3n) is 3.05. The second-order valence-electron chi connectivity index (χ2n) is 4.64. The highest BCUT2D eigenvalue weighted by atomic mass is 32.1. The predicted octanol–water partition coefficient (Wildman–Crippen LogP) is 4.43. The number of para-hydroxylation sites is 1. The number of nitrogens with zero attached hydrogens (tertiary/aromatic N) is 1. The van der Waals surface area contributed by atoms with Crippen LogP contribution in [0.2, 0.25) is 0 Å². The molecule has 0 fully saturated rings. The first kappa shape index (κ1) is 15.1. The molecule has 0 aliphatic rings. The van der Waals surface area contributed by atoms with Crippen LogP contribution in [0, 0.1) is 0 Å². The van der Waals surface area contributed by atoms with Gasteiger partial charge in [0.25, 0.3) is 0 Å². The largest absolute Gasteiger partial charge is 0.497 e. The summed E-state index contributed by atoms with van der Waals surface area (Å²) in [4.78, 5) is 11.9. The molecule has 3 aromatic rings. The van der Waals surface area contributed by atoms with Gasteiger partial charge in [-0.1, -0.05) is 30.3 Å². The van der Waals surface area contributed by atoms with Crippen LogP contribution in [0.4, 0.5) is 9.80 Å². The van der Waals surface area contributed by atoms with Crippen LogP contribution in [-0.2, 0) is 0 Å². The fourth-order valence-electron chi connectivity index (χ4n) is 1.97. The lowest BCUT2D eigenvalue weighted by atomic mass is 10.1. The lowest BCUT2D eigenvalue weighted by molar-refractivity contribution is 0.215. The Balaban J connectivity index is 1.68. The lowest BCUT2D eigenvalue weighted by Gasteiger charge is -2.03. The highest BCUT2D eigenvalue weighted by Crippen LogP contribution is 2.28. The Hall–Kier alpha value is -2.86. The molecule has 0 spiro atoms. The minimum atomic E-state index is -0.544. The molecule has 1 aromatic heterocycles. The van der Waals surface area contributed by atoms with Crippen molar-refractivity contribution in [2.45, 2.75) is 0 Å². The SMILES string of the molecule is COc1cccc(-c2cc(NC(=O)Oc3ccccc3)sn2)c1. The van der Waals surface area contributed by atoms with Crippen LogP contribution < -0.4 is 14.8 Å². The molecule has 0 unspecified atom stereocenters. The van der Waals surface area contributed by atoms with Crippen molar-refractivity contribution in [3.63, 3.8) is 0 Å². The molecule has 1 amide bonds. The monoisotopic (exact) mass is 326 g/mol. The number of benzene rings is 2. The third kappa shape index (κ3) is 3.87. The number of hydrogen-bond donors (Lipinski definition) is 1. The Labute approximate surface area is 137 Å². The third-order valence-corrected chi connectivity index (χ3v) is 3.76. The standard InChI is InChI=1S/C17H14N2O3S/c1-21-14-9-5-6-12(10-14)15-11-16(23-19-15)18-17(20)22-13-7-3-2-4-8-13/h2-11H,1H3,(H,18,20). The van der Waals surface area contributed by atoms with Crippen LogP contribution in [0.25, 0.3) is 11.3 Å². The fourth-order valence-corrected chi connectivity index (χ4v) is 2.62. The van der Waals surface area contributed by atoms with Gasteiger partial charge in [0, 0.05) is 11.6 Å². The van der Waals surface area contributed by atoms with Gasteiger partial charge in [-0.2, -0.15) is 4.37 Å². The number of aromatic nitrogens is 1. The van der Waals surface area contributed by atoms with Crippen molar-refractivity contribution in [2.24, 2.45) is 0 Å². The summed E-state index contributed by atoms with van der Waals surface area (Å²) in [5.74, 6) is 1.25. The first-order chi connectivity index (χ1) is 11.2. The Morgan fingerprint density at radius 3 is 2.61 bits per heavy atom. The minimum absolute atomic E-state index is 0.488. The normalized spacial score (nSPS) is 10.1. The molecule has 2 aromatic carbocycles. The molecule has 0 aliphatic heterocycles. The van der Waals surface area contributed by atoms with Gasteiger partial charge in [0.05, 0.1) is 12.8 Å². The number of hydrogen-bond acceptors (Lipinski definition) is 5. The summed E-state index contributed by atoms with van der Waals surface area (Å²) in [6.45, 7) is 0. The Morgan fingerprint density at radius 2 is 1.83 bits per heavy atom. The molecule has 1 heterocycles. The van der Waals surface area contributed by atoms with Crippen molar-refractivity contribution in [3.8, 4) is 22.8 Å². The van der Waals surface area contributed by atoms with Crippen LogP contribution in [0.15, 0.2) is 60.7 Å². The average molecular weight is 326 g/mol. The molecule has 1 N–H and O–H groups in total. The van der Waals surface area contributed by atoms with Crippen molar-refractivity contribution in [2.75, 3.05) is 12.4 Å². The van der Waals surface area contributed by atoms with E-state index in [0.29, 0.717) is 10.8 Å². The maximum absolute atomic E-state index is 11.9.